The number of rotatable bonds is 7. The minimum absolute atomic E-state index is 0.0451. The van der Waals surface area contributed by atoms with Gasteiger partial charge in [0.2, 0.25) is 0 Å². The molecule has 0 saturated carbocycles. The lowest BCUT2D eigenvalue weighted by Crippen LogP contribution is -2.35. The minimum Gasteiger partial charge on any atom is -0.377 e. The Bertz CT molecular complexity index is 256. The highest BCUT2D eigenvalue weighted by molar-refractivity contribution is 5.57. The predicted molar refractivity (Wildman–Crippen MR) is 71.0 cm³/mol. The lowest BCUT2D eigenvalue weighted by molar-refractivity contribution is -0.112. The molecule has 1 aliphatic carbocycles. The quantitative estimate of drug-likeness (QED) is 0.383. The molecule has 0 aromatic carbocycles. The summed E-state index contributed by atoms with van der Waals surface area (Å²) in [5.74, 6) is 0.0451. The van der Waals surface area contributed by atoms with Gasteiger partial charge in [-0.05, 0) is 12.8 Å². The van der Waals surface area contributed by atoms with Crippen molar-refractivity contribution in [2.45, 2.75) is 59.0 Å². The van der Waals surface area contributed by atoms with Crippen LogP contribution in [-0.2, 0) is 9.53 Å². The minimum atomic E-state index is 0.0451. The second kappa shape index (κ2) is 6.95. The summed E-state index contributed by atoms with van der Waals surface area (Å²) >= 11 is 0. The van der Waals surface area contributed by atoms with Gasteiger partial charge in [0.15, 0.2) is 0 Å². The van der Waals surface area contributed by atoms with Crippen molar-refractivity contribution in [3.8, 4) is 0 Å². The van der Waals surface area contributed by atoms with Crippen LogP contribution >= 0.6 is 0 Å². The zero-order valence-electron chi connectivity index (χ0n) is 11.4. The van der Waals surface area contributed by atoms with E-state index in [0.717, 1.165) is 25.7 Å². The van der Waals surface area contributed by atoms with E-state index in [1.165, 1.54) is 19.3 Å². The number of aldehydes is 1. The lowest BCUT2D eigenvalue weighted by Gasteiger charge is -2.36. The Kier molecular flexibility index (Phi) is 5.90. The highest BCUT2D eigenvalue weighted by Crippen LogP contribution is 2.34. The van der Waals surface area contributed by atoms with E-state index in [2.05, 4.69) is 26.8 Å². The van der Waals surface area contributed by atoms with Crippen molar-refractivity contribution in [3.05, 3.63) is 12.2 Å². The van der Waals surface area contributed by atoms with E-state index in [1.54, 1.807) is 0 Å². The van der Waals surface area contributed by atoms with Gasteiger partial charge < -0.3 is 9.53 Å². The van der Waals surface area contributed by atoms with Crippen LogP contribution in [0.4, 0.5) is 0 Å². The zero-order valence-corrected chi connectivity index (χ0v) is 11.4. The molecule has 0 fully saturated rings. The standard InChI is InChI=1S/C15H26O2/c1-4-5-6-7-10-17-14-11-13(12-16)8-9-15(14,2)3/h8-9,12-14H,4-7,10-11H2,1-3H3. The Morgan fingerprint density at radius 1 is 1.35 bits per heavy atom. The fraction of sp³-hybridized carbons (Fsp3) is 0.800. The topological polar surface area (TPSA) is 26.3 Å². The van der Waals surface area contributed by atoms with Crippen molar-refractivity contribution in [2.75, 3.05) is 6.61 Å². The van der Waals surface area contributed by atoms with Gasteiger partial charge in [-0.2, -0.15) is 0 Å². The molecule has 0 heterocycles. The van der Waals surface area contributed by atoms with E-state index in [0.29, 0.717) is 0 Å². The second-order valence-corrected chi connectivity index (χ2v) is 5.64. The van der Waals surface area contributed by atoms with Crippen LogP contribution in [0.15, 0.2) is 12.2 Å². The van der Waals surface area contributed by atoms with Gasteiger partial charge in [0.1, 0.15) is 6.29 Å². The Labute approximate surface area is 105 Å². The normalized spacial score (nSPS) is 27.0. The van der Waals surface area contributed by atoms with Gasteiger partial charge in [0.25, 0.3) is 0 Å². The summed E-state index contributed by atoms with van der Waals surface area (Å²) in [5, 5.41) is 0. The first-order chi connectivity index (χ1) is 8.10. The molecule has 0 saturated heterocycles. The molecule has 0 spiro atoms. The third-order valence-corrected chi connectivity index (χ3v) is 3.58. The summed E-state index contributed by atoms with van der Waals surface area (Å²) in [6, 6.07) is 0. The van der Waals surface area contributed by atoms with E-state index in [-0.39, 0.29) is 17.4 Å². The van der Waals surface area contributed by atoms with Crippen LogP contribution in [0, 0.1) is 11.3 Å². The number of carbonyl (C=O) groups excluding carboxylic acids is 1. The smallest absolute Gasteiger partial charge is 0.126 e. The molecule has 98 valence electrons. The van der Waals surface area contributed by atoms with Crippen LogP contribution in [0.2, 0.25) is 0 Å². The summed E-state index contributed by atoms with van der Waals surface area (Å²) in [4.78, 5) is 10.8. The van der Waals surface area contributed by atoms with Crippen molar-refractivity contribution < 1.29 is 9.53 Å². The first-order valence-corrected chi connectivity index (χ1v) is 6.86. The van der Waals surface area contributed by atoms with Crippen LogP contribution < -0.4 is 0 Å². The Morgan fingerprint density at radius 2 is 2.12 bits per heavy atom. The van der Waals surface area contributed by atoms with E-state index in [9.17, 15) is 4.79 Å². The molecule has 1 aliphatic rings. The van der Waals surface area contributed by atoms with Crippen LogP contribution in [0.1, 0.15) is 52.9 Å². The molecule has 0 amide bonds. The zero-order chi connectivity index (χ0) is 12.7. The molecule has 0 N–H and O–H groups in total. The Balaban J connectivity index is 2.35. The number of carbonyl (C=O) groups is 1. The van der Waals surface area contributed by atoms with Gasteiger partial charge in [-0.1, -0.05) is 52.2 Å². The number of allylic oxidation sites excluding steroid dienone is 1. The lowest BCUT2D eigenvalue weighted by atomic mass is 9.76. The van der Waals surface area contributed by atoms with Crippen molar-refractivity contribution in [2.24, 2.45) is 11.3 Å². The van der Waals surface area contributed by atoms with Gasteiger partial charge in [-0.25, -0.2) is 0 Å². The fourth-order valence-corrected chi connectivity index (χ4v) is 2.25. The Morgan fingerprint density at radius 3 is 2.76 bits per heavy atom. The maximum atomic E-state index is 10.8. The molecule has 0 bridgehead atoms. The summed E-state index contributed by atoms with van der Waals surface area (Å²) in [6.45, 7) is 7.40. The predicted octanol–water partition coefficient (Wildman–Crippen LogP) is 3.75. The first kappa shape index (κ1) is 14.4. The van der Waals surface area contributed by atoms with Crippen molar-refractivity contribution in [1.82, 2.24) is 0 Å². The molecular formula is C15H26O2. The molecule has 17 heavy (non-hydrogen) atoms. The highest BCUT2D eigenvalue weighted by Gasteiger charge is 2.33. The molecule has 0 aromatic rings. The Hall–Kier alpha value is -0.630. The molecular weight excluding hydrogens is 212 g/mol. The maximum absolute atomic E-state index is 10.8. The van der Waals surface area contributed by atoms with E-state index in [4.69, 9.17) is 4.74 Å². The highest BCUT2D eigenvalue weighted by atomic mass is 16.5. The molecule has 1 rings (SSSR count). The third kappa shape index (κ3) is 4.63. The van der Waals surface area contributed by atoms with Crippen LogP contribution in [-0.4, -0.2) is 19.0 Å². The second-order valence-electron chi connectivity index (χ2n) is 5.64. The number of hydrogen-bond donors (Lipinski definition) is 0. The van der Waals surface area contributed by atoms with Gasteiger partial charge in [-0.15, -0.1) is 0 Å². The fourth-order valence-electron chi connectivity index (χ4n) is 2.25. The van der Waals surface area contributed by atoms with Gasteiger partial charge in [-0.3, -0.25) is 0 Å². The van der Waals surface area contributed by atoms with Crippen molar-refractivity contribution in [3.63, 3.8) is 0 Å². The van der Waals surface area contributed by atoms with E-state index < -0.39 is 0 Å². The number of hydrogen-bond acceptors (Lipinski definition) is 2. The van der Waals surface area contributed by atoms with Gasteiger partial charge in [0.05, 0.1) is 6.10 Å². The number of unbranched alkanes of at least 4 members (excludes halogenated alkanes) is 3. The third-order valence-electron chi connectivity index (χ3n) is 3.58. The largest absolute Gasteiger partial charge is 0.377 e. The average molecular weight is 238 g/mol. The van der Waals surface area contributed by atoms with Crippen molar-refractivity contribution in [1.29, 1.82) is 0 Å². The maximum Gasteiger partial charge on any atom is 0.126 e. The first-order valence-electron chi connectivity index (χ1n) is 6.86. The molecule has 0 aromatic heterocycles. The van der Waals surface area contributed by atoms with Crippen LogP contribution in [0.5, 0.6) is 0 Å². The van der Waals surface area contributed by atoms with E-state index in [1.807, 2.05) is 6.08 Å². The van der Waals surface area contributed by atoms with Gasteiger partial charge in [0, 0.05) is 17.9 Å². The summed E-state index contributed by atoms with van der Waals surface area (Å²) in [7, 11) is 0. The van der Waals surface area contributed by atoms with Crippen LogP contribution in [0.25, 0.3) is 0 Å². The van der Waals surface area contributed by atoms with Crippen LogP contribution in [0.3, 0.4) is 0 Å². The molecule has 0 radical (unpaired) electrons. The van der Waals surface area contributed by atoms with Gasteiger partial charge >= 0.3 is 0 Å². The molecule has 2 atom stereocenters. The summed E-state index contributed by atoms with van der Waals surface area (Å²) < 4.78 is 5.97. The molecule has 2 nitrogen and oxygen atoms in total. The van der Waals surface area contributed by atoms with E-state index >= 15 is 0 Å². The molecule has 0 aliphatic heterocycles. The SMILES string of the molecule is CCCCCCOC1CC(C=O)C=CC1(C)C. The number of ether oxygens (including phenoxy) is 1. The summed E-state index contributed by atoms with van der Waals surface area (Å²) in [5.41, 5.74) is 0.0598. The monoisotopic (exact) mass is 238 g/mol. The van der Waals surface area contributed by atoms with Crippen molar-refractivity contribution >= 4 is 6.29 Å². The summed E-state index contributed by atoms with van der Waals surface area (Å²) in [6.07, 6.45) is 11.1. The molecule has 2 unspecified atom stereocenters. The average Bonchev–Trinajstić information content (AvgIpc) is 2.30. The molecule has 2 heteroatoms.